The second-order valence-corrected chi connectivity index (χ2v) is 6.43. The average molecular weight is 330 g/mol. The number of rotatable bonds is 7. The number of methoxy groups -OCH3 is 1. The van der Waals surface area contributed by atoms with Gasteiger partial charge in [-0.2, -0.15) is 0 Å². The second-order valence-electron chi connectivity index (χ2n) is 6.02. The summed E-state index contributed by atoms with van der Waals surface area (Å²) >= 11 is 5.92. The molecule has 0 saturated carbocycles. The fourth-order valence-electron chi connectivity index (χ4n) is 3.30. The SMILES string of the molecule is COCCCC[C@@](O)(c1cccc(Cl)c1F)C1CCCNC1. The largest absolute Gasteiger partial charge is 0.385 e. The molecular formula is C17H25ClFNO2. The van der Waals surface area contributed by atoms with E-state index in [-0.39, 0.29) is 10.9 Å². The van der Waals surface area contributed by atoms with Gasteiger partial charge in [0.25, 0.3) is 0 Å². The van der Waals surface area contributed by atoms with Crippen LogP contribution in [-0.4, -0.2) is 31.9 Å². The van der Waals surface area contributed by atoms with E-state index in [9.17, 15) is 9.50 Å². The molecule has 2 atom stereocenters. The summed E-state index contributed by atoms with van der Waals surface area (Å²) in [5, 5.41) is 14.7. The van der Waals surface area contributed by atoms with E-state index in [1.807, 2.05) is 0 Å². The molecule has 0 radical (unpaired) electrons. The first-order valence-electron chi connectivity index (χ1n) is 7.96. The van der Waals surface area contributed by atoms with Crippen LogP contribution < -0.4 is 5.32 Å². The molecule has 1 aromatic carbocycles. The number of benzene rings is 1. The summed E-state index contributed by atoms with van der Waals surface area (Å²) in [7, 11) is 1.66. The molecule has 1 unspecified atom stereocenters. The van der Waals surface area contributed by atoms with Gasteiger partial charge in [-0.15, -0.1) is 0 Å². The maximum Gasteiger partial charge on any atom is 0.147 e. The fourth-order valence-corrected chi connectivity index (χ4v) is 3.47. The third kappa shape index (κ3) is 3.99. The van der Waals surface area contributed by atoms with Gasteiger partial charge in [-0.05, 0) is 44.7 Å². The van der Waals surface area contributed by atoms with Gasteiger partial charge in [-0.25, -0.2) is 4.39 Å². The summed E-state index contributed by atoms with van der Waals surface area (Å²) in [4.78, 5) is 0. The number of aliphatic hydroxyl groups is 1. The highest BCUT2D eigenvalue weighted by molar-refractivity contribution is 6.30. The monoisotopic (exact) mass is 329 g/mol. The molecule has 3 nitrogen and oxygen atoms in total. The molecule has 1 aromatic rings. The smallest absolute Gasteiger partial charge is 0.147 e. The van der Waals surface area contributed by atoms with Crippen molar-refractivity contribution in [2.24, 2.45) is 5.92 Å². The van der Waals surface area contributed by atoms with Gasteiger partial charge in [-0.3, -0.25) is 0 Å². The van der Waals surface area contributed by atoms with E-state index in [4.69, 9.17) is 16.3 Å². The van der Waals surface area contributed by atoms with Gasteiger partial charge in [0, 0.05) is 31.7 Å². The molecule has 0 amide bonds. The molecule has 0 aliphatic carbocycles. The van der Waals surface area contributed by atoms with Crippen molar-refractivity contribution in [3.63, 3.8) is 0 Å². The lowest BCUT2D eigenvalue weighted by Gasteiger charge is -2.39. The van der Waals surface area contributed by atoms with Gasteiger partial charge < -0.3 is 15.2 Å². The van der Waals surface area contributed by atoms with Crippen molar-refractivity contribution in [3.05, 3.63) is 34.6 Å². The van der Waals surface area contributed by atoms with E-state index in [1.54, 1.807) is 19.2 Å². The van der Waals surface area contributed by atoms with Crippen LogP contribution >= 0.6 is 11.6 Å². The Bertz CT molecular complexity index is 480. The van der Waals surface area contributed by atoms with Crippen LogP contribution in [0.1, 0.15) is 37.7 Å². The summed E-state index contributed by atoms with van der Waals surface area (Å²) < 4.78 is 19.6. The van der Waals surface area contributed by atoms with Crippen LogP contribution in [0.5, 0.6) is 0 Å². The molecular weight excluding hydrogens is 305 g/mol. The van der Waals surface area contributed by atoms with Crippen LogP contribution in [0.25, 0.3) is 0 Å². The molecule has 2 rings (SSSR count). The minimum absolute atomic E-state index is 0.00300. The van der Waals surface area contributed by atoms with E-state index >= 15 is 0 Å². The highest BCUT2D eigenvalue weighted by Crippen LogP contribution is 2.40. The molecule has 1 aliphatic rings. The molecule has 0 aromatic heterocycles. The summed E-state index contributed by atoms with van der Waals surface area (Å²) in [6, 6.07) is 4.88. The Morgan fingerprint density at radius 3 is 2.95 bits per heavy atom. The van der Waals surface area contributed by atoms with Crippen LogP contribution in [0, 0.1) is 11.7 Å². The van der Waals surface area contributed by atoms with Crippen molar-refractivity contribution in [2.45, 2.75) is 37.7 Å². The standard InChI is InChI=1S/C17H25ClFNO2/c1-22-11-3-2-9-17(21,13-6-5-10-20-12-13)14-7-4-8-15(18)16(14)19/h4,7-8,13,20-21H,2-3,5-6,9-12H2,1H3/t13?,17-/m0/s1. The van der Waals surface area contributed by atoms with Gasteiger partial charge in [0.15, 0.2) is 0 Å². The van der Waals surface area contributed by atoms with Gasteiger partial charge in [-0.1, -0.05) is 23.7 Å². The minimum atomic E-state index is -1.18. The first-order chi connectivity index (χ1) is 10.6. The van der Waals surface area contributed by atoms with Crippen LogP contribution in [0.15, 0.2) is 18.2 Å². The zero-order valence-electron chi connectivity index (χ0n) is 13.1. The maximum atomic E-state index is 14.5. The lowest BCUT2D eigenvalue weighted by Crippen LogP contribution is -2.44. The van der Waals surface area contributed by atoms with Crippen molar-refractivity contribution >= 4 is 11.6 Å². The van der Waals surface area contributed by atoms with E-state index < -0.39 is 11.4 Å². The lowest BCUT2D eigenvalue weighted by atomic mass is 9.74. The maximum absolute atomic E-state index is 14.5. The number of unbranched alkanes of at least 4 members (excludes halogenated alkanes) is 1. The Balaban J connectivity index is 2.25. The van der Waals surface area contributed by atoms with Crippen molar-refractivity contribution in [2.75, 3.05) is 26.8 Å². The van der Waals surface area contributed by atoms with E-state index in [1.165, 1.54) is 6.07 Å². The van der Waals surface area contributed by atoms with Crippen LogP contribution in [-0.2, 0) is 10.3 Å². The third-order valence-electron chi connectivity index (χ3n) is 4.55. The molecule has 1 aliphatic heterocycles. The first kappa shape index (κ1) is 17.7. The molecule has 5 heteroatoms. The quantitative estimate of drug-likeness (QED) is 0.752. The zero-order chi connectivity index (χ0) is 16.0. The van der Waals surface area contributed by atoms with Crippen LogP contribution in [0.4, 0.5) is 4.39 Å². The molecule has 0 spiro atoms. The fraction of sp³-hybridized carbons (Fsp3) is 0.647. The number of hydrogen-bond donors (Lipinski definition) is 2. The predicted octanol–water partition coefficient (Wildman–Crippen LogP) is 3.48. The Kier molecular flexibility index (Phi) is 6.63. The molecule has 1 fully saturated rings. The van der Waals surface area contributed by atoms with E-state index in [2.05, 4.69) is 5.32 Å². The number of halogens is 2. The molecule has 22 heavy (non-hydrogen) atoms. The molecule has 1 heterocycles. The van der Waals surface area contributed by atoms with Gasteiger partial charge >= 0.3 is 0 Å². The topological polar surface area (TPSA) is 41.5 Å². The number of piperidine rings is 1. The average Bonchev–Trinajstić information content (AvgIpc) is 2.55. The minimum Gasteiger partial charge on any atom is -0.385 e. The predicted molar refractivity (Wildman–Crippen MR) is 86.6 cm³/mol. The second kappa shape index (κ2) is 8.25. The van der Waals surface area contributed by atoms with Gasteiger partial charge in [0.2, 0.25) is 0 Å². The molecule has 0 bridgehead atoms. The molecule has 2 N–H and O–H groups in total. The number of ether oxygens (including phenoxy) is 1. The van der Waals surface area contributed by atoms with Gasteiger partial charge in [0.05, 0.1) is 10.6 Å². The number of hydrogen-bond acceptors (Lipinski definition) is 3. The van der Waals surface area contributed by atoms with E-state index in [0.717, 1.165) is 32.2 Å². The Morgan fingerprint density at radius 2 is 2.27 bits per heavy atom. The van der Waals surface area contributed by atoms with Gasteiger partial charge in [0.1, 0.15) is 5.82 Å². The normalized spacial score (nSPS) is 21.5. The Labute approximate surface area is 136 Å². The third-order valence-corrected chi connectivity index (χ3v) is 4.84. The van der Waals surface area contributed by atoms with E-state index in [0.29, 0.717) is 25.1 Å². The summed E-state index contributed by atoms with van der Waals surface area (Å²) in [5.74, 6) is -0.499. The van der Waals surface area contributed by atoms with Crippen molar-refractivity contribution in [1.82, 2.24) is 5.32 Å². The highest BCUT2D eigenvalue weighted by atomic mass is 35.5. The van der Waals surface area contributed by atoms with Crippen molar-refractivity contribution in [3.8, 4) is 0 Å². The van der Waals surface area contributed by atoms with Crippen LogP contribution in [0.2, 0.25) is 5.02 Å². The van der Waals surface area contributed by atoms with Crippen LogP contribution in [0.3, 0.4) is 0 Å². The van der Waals surface area contributed by atoms with Crippen molar-refractivity contribution < 1.29 is 14.2 Å². The number of nitrogens with one attached hydrogen (secondary N) is 1. The summed E-state index contributed by atoms with van der Waals surface area (Å²) in [6.45, 7) is 2.30. The lowest BCUT2D eigenvalue weighted by molar-refractivity contribution is -0.0460. The molecule has 124 valence electrons. The summed E-state index contributed by atoms with van der Waals surface area (Å²) in [5.41, 5.74) is -0.859. The first-order valence-corrected chi connectivity index (χ1v) is 8.34. The Morgan fingerprint density at radius 1 is 1.45 bits per heavy atom. The highest BCUT2D eigenvalue weighted by Gasteiger charge is 2.40. The molecule has 1 saturated heterocycles. The van der Waals surface area contributed by atoms with Crippen molar-refractivity contribution in [1.29, 1.82) is 0 Å². The summed E-state index contributed by atoms with van der Waals surface area (Å²) in [6.07, 6.45) is 4.03. The Hall–Kier alpha value is -0.680. The zero-order valence-corrected chi connectivity index (χ0v) is 13.8.